The number of hydrogen-bond acceptors (Lipinski definition) is 3. The molecule has 2 N–H and O–H groups in total. The maximum Gasteiger partial charge on any atom is 0.202 e. The highest BCUT2D eigenvalue weighted by Gasteiger charge is 2.19. The summed E-state index contributed by atoms with van der Waals surface area (Å²) in [6.45, 7) is 0.923. The Labute approximate surface area is 144 Å². The number of Topliss-reactive ketones (excluding diaryl/α,β-unsaturated/α-hetero) is 1. The van der Waals surface area contributed by atoms with E-state index in [1.165, 1.54) is 6.07 Å². The van der Waals surface area contributed by atoms with Gasteiger partial charge in [-0.25, -0.2) is 17.6 Å². The molecule has 134 valence electrons. The highest BCUT2D eigenvalue weighted by Crippen LogP contribution is 2.21. The van der Waals surface area contributed by atoms with Crippen LogP contribution in [0.1, 0.15) is 22.8 Å². The summed E-state index contributed by atoms with van der Waals surface area (Å²) in [5.41, 5.74) is -1.42. The van der Waals surface area contributed by atoms with Gasteiger partial charge in [-0.15, -0.1) is 0 Å². The number of nitrogens with one attached hydrogen (secondary N) is 2. The average Bonchev–Trinajstić information content (AvgIpc) is 2.54. The van der Waals surface area contributed by atoms with Gasteiger partial charge in [0.1, 0.15) is 34.7 Å². The second kappa shape index (κ2) is 6.62. The Morgan fingerprint density at radius 3 is 2.38 bits per heavy atom. The number of carbonyl (C=O) groups is 1. The van der Waals surface area contributed by atoms with E-state index in [2.05, 4.69) is 10.3 Å². The molecule has 0 aliphatic carbocycles. The maximum absolute atomic E-state index is 14.0. The van der Waals surface area contributed by atoms with Gasteiger partial charge in [-0.1, -0.05) is 6.07 Å². The molecule has 0 radical (unpaired) electrons. The minimum Gasteiger partial charge on any atom is -0.367 e. The molecule has 0 unspecified atom stereocenters. The van der Waals surface area contributed by atoms with Crippen LogP contribution < -0.4 is 10.7 Å². The van der Waals surface area contributed by atoms with Crippen LogP contribution in [0.2, 0.25) is 0 Å². The zero-order valence-electron chi connectivity index (χ0n) is 13.4. The largest absolute Gasteiger partial charge is 0.367 e. The Kier molecular flexibility index (Phi) is 4.50. The molecule has 0 saturated carbocycles. The summed E-state index contributed by atoms with van der Waals surface area (Å²) >= 11 is 0. The highest BCUT2D eigenvalue weighted by atomic mass is 19.1. The van der Waals surface area contributed by atoms with Gasteiger partial charge in [0.15, 0.2) is 5.78 Å². The van der Waals surface area contributed by atoms with Crippen LogP contribution in [-0.4, -0.2) is 10.8 Å². The van der Waals surface area contributed by atoms with Crippen LogP contribution in [0.25, 0.3) is 10.9 Å². The number of aromatic amines is 1. The number of rotatable bonds is 4. The number of carbonyl (C=O) groups excluding carboxylic acids is 1. The fraction of sp³-hybridized carbons (Fsp3) is 0.111. The van der Waals surface area contributed by atoms with E-state index in [1.54, 1.807) is 0 Å². The van der Waals surface area contributed by atoms with E-state index in [0.29, 0.717) is 12.1 Å². The van der Waals surface area contributed by atoms with Crippen molar-refractivity contribution in [1.29, 1.82) is 0 Å². The molecule has 1 heterocycles. The lowest BCUT2D eigenvalue weighted by molar-refractivity contribution is 0.101. The zero-order chi connectivity index (χ0) is 19.0. The number of aromatic nitrogens is 1. The lowest BCUT2D eigenvalue weighted by Gasteiger charge is -2.13. The van der Waals surface area contributed by atoms with Crippen LogP contribution in [0.15, 0.2) is 35.1 Å². The SMILES string of the molecule is CC(=O)c1c(NCc2ccc(F)cc2F)[nH]c2c(F)cc(F)cc2c1=O. The number of fused-ring (bicyclic) bond motifs is 1. The topological polar surface area (TPSA) is 62.0 Å². The summed E-state index contributed by atoms with van der Waals surface area (Å²) < 4.78 is 54.1. The van der Waals surface area contributed by atoms with Crippen molar-refractivity contribution in [3.05, 3.63) is 75.0 Å². The van der Waals surface area contributed by atoms with Crippen molar-refractivity contribution < 1.29 is 22.4 Å². The highest BCUT2D eigenvalue weighted by molar-refractivity contribution is 6.02. The molecule has 3 aromatic rings. The third-order valence-electron chi connectivity index (χ3n) is 3.85. The van der Waals surface area contributed by atoms with E-state index in [0.717, 1.165) is 19.1 Å². The normalized spacial score (nSPS) is 11.0. The fourth-order valence-corrected chi connectivity index (χ4v) is 2.63. The Morgan fingerprint density at radius 1 is 1.04 bits per heavy atom. The smallest absolute Gasteiger partial charge is 0.202 e. The third kappa shape index (κ3) is 3.17. The number of anilines is 1. The van der Waals surface area contributed by atoms with Crippen molar-refractivity contribution in [1.82, 2.24) is 4.98 Å². The first kappa shape index (κ1) is 17.7. The van der Waals surface area contributed by atoms with Gasteiger partial charge < -0.3 is 10.3 Å². The molecule has 0 bridgehead atoms. The van der Waals surface area contributed by atoms with Gasteiger partial charge in [0.25, 0.3) is 0 Å². The zero-order valence-corrected chi connectivity index (χ0v) is 13.4. The minimum absolute atomic E-state index is 0.0708. The van der Waals surface area contributed by atoms with Crippen molar-refractivity contribution in [2.75, 3.05) is 5.32 Å². The Hall–Kier alpha value is -3.16. The molecule has 26 heavy (non-hydrogen) atoms. The average molecular weight is 364 g/mol. The monoisotopic (exact) mass is 364 g/mol. The van der Waals surface area contributed by atoms with Crippen molar-refractivity contribution in [2.45, 2.75) is 13.5 Å². The minimum atomic E-state index is -1.01. The van der Waals surface area contributed by atoms with Crippen LogP contribution in [0.5, 0.6) is 0 Å². The maximum atomic E-state index is 14.0. The first-order chi connectivity index (χ1) is 12.3. The van der Waals surface area contributed by atoms with Crippen LogP contribution >= 0.6 is 0 Å². The van der Waals surface area contributed by atoms with E-state index >= 15 is 0 Å². The van der Waals surface area contributed by atoms with Gasteiger partial charge >= 0.3 is 0 Å². The molecule has 0 saturated heterocycles. The Bertz CT molecular complexity index is 1090. The van der Waals surface area contributed by atoms with E-state index in [-0.39, 0.29) is 34.4 Å². The van der Waals surface area contributed by atoms with Crippen LogP contribution in [0, 0.1) is 23.3 Å². The summed E-state index contributed by atoms with van der Waals surface area (Å²) in [4.78, 5) is 26.9. The lowest BCUT2D eigenvalue weighted by atomic mass is 10.1. The van der Waals surface area contributed by atoms with Crippen molar-refractivity contribution in [3.63, 3.8) is 0 Å². The molecule has 0 fully saturated rings. The molecule has 4 nitrogen and oxygen atoms in total. The van der Waals surface area contributed by atoms with E-state index in [9.17, 15) is 27.2 Å². The first-order valence-electron chi connectivity index (χ1n) is 7.51. The Balaban J connectivity index is 2.11. The van der Waals surface area contributed by atoms with E-state index in [4.69, 9.17) is 0 Å². The number of benzene rings is 2. The number of H-pyrrole nitrogens is 1. The molecule has 0 spiro atoms. The van der Waals surface area contributed by atoms with Gasteiger partial charge in [0, 0.05) is 24.2 Å². The third-order valence-corrected chi connectivity index (χ3v) is 3.85. The molecule has 1 aromatic heterocycles. The van der Waals surface area contributed by atoms with Gasteiger partial charge in [-0.2, -0.15) is 0 Å². The van der Waals surface area contributed by atoms with Gasteiger partial charge in [0.05, 0.1) is 10.9 Å². The second-order valence-electron chi connectivity index (χ2n) is 5.66. The molecule has 0 amide bonds. The van der Waals surface area contributed by atoms with Crippen LogP contribution in [-0.2, 0) is 6.54 Å². The predicted molar refractivity (Wildman–Crippen MR) is 88.2 cm³/mol. The number of hydrogen-bond donors (Lipinski definition) is 2. The fourth-order valence-electron chi connectivity index (χ4n) is 2.63. The first-order valence-corrected chi connectivity index (χ1v) is 7.51. The number of halogens is 4. The Morgan fingerprint density at radius 2 is 1.73 bits per heavy atom. The molecular weight excluding hydrogens is 352 g/mol. The molecule has 0 atom stereocenters. The van der Waals surface area contributed by atoms with Crippen molar-refractivity contribution in [2.24, 2.45) is 0 Å². The summed E-state index contributed by atoms with van der Waals surface area (Å²) in [5, 5.41) is 2.33. The lowest BCUT2D eigenvalue weighted by Crippen LogP contribution is -2.19. The molecule has 8 heteroatoms. The summed E-state index contributed by atoms with van der Waals surface area (Å²) in [7, 11) is 0. The van der Waals surface area contributed by atoms with Gasteiger partial charge in [0.2, 0.25) is 5.43 Å². The molecule has 0 aliphatic rings. The van der Waals surface area contributed by atoms with Gasteiger partial charge in [-0.05, 0) is 19.1 Å². The molecule has 3 rings (SSSR count). The molecule has 0 aliphatic heterocycles. The quantitative estimate of drug-likeness (QED) is 0.545. The molecule has 2 aromatic carbocycles. The summed E-state index contributed by atoms with van der Waals surface area (Å²) in [6.07, 6.45) is 0. The van der Waals surface area contributed by atoms with Crippen molar-refractivity contribution >= 4 is 22.5 Å². The van der Waals surface area contributed by atoms with Crippen LogP contribution in [0.3, 0.4) is 0 Å². The van der Waals surface area contributed by atoms with Crippen molar-refractivity contribution in [3.8, 4) is 0 Å². The van der Waals surface area contributed by atoms with E-state index < -0.39 is 34.5 Å². The predicted octanol–water partition coefficient (Wildman–Crippen LogP) is 3.90. The number of pyridine rings is 1. The van der Waals surface area contributed by atoms with Gasteiger partial charge in [-0.3, -0.25) is 9.59 Å². The molecular formula is C18H12F4N2O2. The van der Waals surface area contributed by atoms with Crippen LogP contribution in [0.4, 0.5) is 23.4 Å². The standard InChI is InChI=1S/C18H12F4N2O2/c1-8(25)15-17(26)12-4-11(20)6-14(22)16(12)24-18(15)23-7-9-2-3-10(19)5-13(9)21/h2-6H,7H2,1H3,(H2,23,24,26). The second-order valence-corrected chi connectivity index (χ2v) is 5.66. The number of ketones is 1. The summed E-state index contributed by atoms with van der Waals surface area (Å²) in [5.74, 6) is -4.31. The summed E-state index contributed by atoms with van der Waals surface area (Å²) in [6, 6.07) is 4.36. The van der Waals surface area contributed by atoms with E-state index in [1.807, 2.05) is 0 Å².